The molecule has 4 aromatic rings. The smallest absolute Gasteiger partial charge is 0.349 e. The molecule has 5 nitrogen and oxygen atoms in total. The number of rotatable bonds is 3. The number of pyridine rings is 1. The van der Waals surface area contributed by atoms with Crippen LogP contribution in [0.25, 0.3) is 22.1 Å². The highest BCUT2D eigenvalue weighted by atomic mass is 16.4. The molecular formula is C21H14N2O3. The molecule has 26 heavy (non-hydrogen) atoms. The van der Waals surface area contributed by atoms with Gasteiger partial charge < -0.3 is 9.73 Å². The van der Waals surface area contributed by atoms with E-state index in [1.54, 1.807) is 24.4 Å². The summed E-state index contributed by atoms with van der Waals surface area (Å²) in [5.41, 5.74) is 2.09. The summed E-state index contributed by atoms with van der Waals surface area (Å²) in [6.07, 6.45) is 3.25. The molecule has 0 atom stereocenters. The van der Waals surface area contributed by atoms with E-state index in [0.29, 0.717) is 16.7 Å². The molecule has 0 saturated carbocycles. The fourth-order valence-electron chi connectivity index (χ4n) is 2.72. The first-order valence-corrected chi connectivity index (χ1v) is 8.05. The Bertz CT molecular complexity index is 1150. The summed E-state index contributed by atoms with van der Waals surface area (Å²) < 4.78 is 5.21. The predicted molar refractivity (Wildman–Crippen MR) is 100 cm³/mol. The minimum absolute atomic E-state index is 0.0474. The molecule has 0 saturated heterocycles. The highest BCUT2D eigenvalue weighted by Crippen LogP contribution is 2.21. The molecule has 2 aromatic carbocycles. The number of nitrogens with one attached hydrogen (secondary N) is 1. The van der Waals surface area contributed by atoms with Gasteiger partial charge >= 0.3 is 5.63 Å². The highest BCUT2D eigenvalue weighted by molar-refractivity contribution is 6.05. The van der Waals surface area contributed by atoms with Crippen molar-refractivity contribution in [2.75, 3.05) is 5.32 Å². The van der Waals surface area contributed by atoms with Gasteiger partial charge in [0, 0.05) is 17.1 Å². The minimum atomic E-state index is -0.673. The van der Waals surface area contributed by atoms with E-state index < -0.39 is 11.5 Å². The third kappa shape index (κ3) is 3.10. The SMILES string of the molecule is O=C(Nc1cncc(-c2ccccc2)c1)c1cc2ccccc2oc1=O. The maximum atomic E-state index is 12.5. The summed E-state index contributed by atoms with van der Waals surface area (Å²) in [6, 6.07) is 20.1. The Morgan fingerprint density at radius 3 is 2.50 bits per heavy atom. The van der Waals surface area contributed by atoms with Crippen LogP contribution in [0, 0.1) is 0 Å². The van der Waals surface area contributed by atoms with Crippen LogP contribution in [0.15, 0.2) is 88.3 Å². The van der Waals surface area contributed by atoms with Gasteiger partial charge in [0.2, 0.25) is 0 Å². The number of fused-ring (bicyclic) bond motifs is 1. The van der Waals surface area contributed by atoms with Gasteiger partial charge in [0.15, 0.2) is 0 Å². The third-order valence-corrected chi connectivity index (χ3v) is 3.99. The van der Waals surface area contributed by atoms with Crippen molar-refractivity contribution in [3.63, 3.8) is 0 Å². The van der Waals surface area contributed by atoms with Crippen molar-refractivity contribution in [2.45, 2.75) is 0 Å². The molecule has 1 amide bonds. The lowest BCUT2D eigenvalue weighted by molar-refractivity contribution is 0.102. The first kappa shape index (κ1) is 15.8. The molecule has 4 rings (SSSR count). The Kier molecular flexibility index (Phi) is 4.03. The zero-order valence-corrected chi connectivity index (χ0v) is 13.7. The first-order valence-electron chi connectivity index (χ1n) is 8.05. The van der Waals surface area contributed by atoms with Gasteiger partial charge in [-0.2, -0.15) is 0 Å². The number of para-hydroxylation sites is 1. The molecule has 1 N–H and O–H groups in total. The number of hydrogen-bond donors (Lipinski definition) is 1. The Labute approximate surface area is 148 Å². The molecule has 2 aromatic heterocycles. The number of aromatic nitrogens is 1. The lowest BCUT2D eigenvalue weighted by atomic mass is 10.1. The lowest BCUT2D eigenvalue weighted by Crippen LogP contribution is -2.20. The van der Waals surface area contributed by atoms with Crippen LogP contribution in [-0.4, -0.2) is 10.9 Å². The number of amides is 1. The van der Waals surface area contributed by atoms with Gasteiger partial charge in [-0.05, 0) is 23.8 Å². The maximum Gasteiger partial charge on any atom is 0.349 e. The molecule has 0 unspecified atom stereocenters. The van der Waals surface area contributed by atoms with Crippen molar-refractivity contribution in [1.29, 1.82) is 0 Å². The number of nitrogens with zero attached hydrogens (tertiary/aromatic N) is 1. The van der Waals surface area contributed by atoms with E-state index in [-0.39, 0.29) is 5.56 Å². The molecular weight excluding hydrogens is 328 g/mol. The number of hydrogen-bond acceptors (Lipinski definition) is 4. The minimum Gasteiger partial charge on any atom is -0.422 e. The maximum absolute atomic E-state index is 12.5. The highest BCUT2D eigenvalue weighted by Gasteiger charge is 2.14. The van der Waals surface area contributed by atoms with Gasteiger partial charge in [-0.15, -0.1) is 0 Å². The van der Waals surface area contributed by atoms with Crippen molar-refractivity contribution in [1.82, 2.24) is 4.98 Å². The van der Waals surface area contributed by atoms with Crippen molar-refractivity contribution in [2.24, 2.45) is 0 Å². The van der Waals surface area contributed by atoms with Crippen molar-refractivity contribution >= 4 is 22.6 Å². The topological polar surface area (TPSA) is 72.2 Å². The quantitative estimate of drug-likeness (QED) is 0.569. The summed E-state index contributed by atoms with van der Waals surface area (Å²) in [5.74, 6) is -0.531. The molecule has 0 bridgehead atoms. The monoisotopic (exact) mass is 342 g/mol. The van der Waals surface area contributed by atoms with Crippen LogP contribution < -0.4 is 10.9 Å². The van der Waals surface area contributed by atoms with Gasteiger partial charge in [-0.1, -0.05) is 48.5 Å². The zero-order chi connectivity index (χ0) is 17.9. The predicted octanol–water partition coefficient (Wildman–Crippen LogP) is 4.11. The first-order chi connectivity index (χ1) is 12.7. The standard InChI is InChI=1S/C21H14N2O3/c24-20(18-11-15-8-4-5-9-19(15)26-21(18)25)23-17-10-16(12-22-13-17)14-6-2-1-3-7-14/h1-13H,(H,23,24). The van der Waals surface area contributed by atoms with E-state index in [1.165, 1.54) is 12.3 Å². The van der Waals surface area contributed by atoms with E-state index in [2.05, 4.69) is 10.3 Å². The van der Waals surface area contributed by atoms with E-state index in [9.17, 15) is 9.59 Å². The molecule has 0 spiro atoms. The van der Waals surface area contributed by atoms with Crippen LogP contribution >= 0.6 is 0 Å². The number of benzene rings is 2. The second-order valence-corrected chi connectivity index (χ2v) is 5.77. The van der Waals surface area contributed by atoms with E-state index in [0.717, 1.165) is 11.1 Å². The van der Waals surface area contributed by atoms with Crippen LogP contribution in [0.2, 0.25) is 0 Å². The van der Waals surface area contributed by atoms with E-state index in [4.69, 9.17) is 4.42 Å². The normalized spacial score (nSPS) is 10.6. The molecule has 0 fully saturated rings. The van der Waals surface area contributed by atoms with Crippen molar-refractivity contribution < 1.29 is 9.21 Å². The largest absolute Gasteiger partial charge is 0.422 e. The Hall–Kier alpha value is -3.73. The summed E-state index contributed by atoms with van der Waals surface area (Å²) in [5, 5.41) is 3.40. The molecule has 0 aliphatic heterocycles. The van der Waals surface area contributed by atoms with E-state index in [1.807, 2.05) is 42.5 Å². The number of carbonyl (C=O) groups excluding carboxylic acids is 1. The van der Waals surface area contributed by atoms with Crippen LogP contribution in [0.3, 0.4) is 0 Å². The zero-order valence-electron chi connectivity index (χ0n) is 13.7. The molecule has 5 heteroatoms. The summed E-state index contributed by atoms with van der Waals surface area (Å²) >= 11 is 0. The van der Waals surface area contributed by atoms with Crippen LogP contribution in [-0.2, 0) is 0 Å². The average molecular weight is 342 g/mol. The Morgan fingerprint density at radius 1 is 0.885 bits per heavy atom. The van der Waals surface area contributed by atoms with Gasteiger partial charge in [0.05, 0.1) is 11.9 Å². The fourth-order valence-corrected chi connectivity index (χ4v) is 2.72. The fraction of sp³-hybridized carbons (Fsp3) is 0. The third-order valence-electron chi connectivity index (χ3n) is 3.99. The van der Waals surface area contributed by atoms with Gasteiger partial charge in [-0.3, -0.25) is 9.78 Å². The Balaban J connectivity index is 1.65. The molecule has 2 heterocycles. The molecule has 0 radical (unpaired) electrons. The number of anilines is 1. The second-order valence-electron chi connectivity index (χ2n) is 5.77. The van der Waals surface area contributed by atoms with Crippen LogP contribution in [0.1, 0.15) is 10.4 Å². The molecule has 0 aliphatic rings. The van der Waals surface area contributed by atoms with Gasteiger partial charge in [-0.25, -0.2) is 4.79 Å². The Morgan fingerprint density at radius 2 is 1.65 bits per heavy atom. The summed E-state index contributed by atoms with van der Waals surface area (Å²) in [7, 11) is 0. The number of carbonyl (C=O) groups is 1. The molecule has 0 aliphatic carbocycles. The van der Waals surface area contributed by atoms with Gasteiger partial charge in [0.1, 0.15) is 11.1 Å². The van der Waals surface area contributed by atoms with Crippen molar-refractivity contribution in [3.8, 4) is 11.1 Å². The van der Waals surface area contributed by atoms with Crippen LogP contribution in [0.5, 0.6) is 0 Å². The second kappa shape index (κ2) is 6.64. The summed E-state index contributed by atoms with van der Waals surface area (Å²) in [4.78, 5) is 28.8. The summed E-state index contributed by atoms with van der Waals surface area (Å²) in [6.45, 7) is 0. The lowest BCUT2D eigenvalue weighted by Gasteiger charge is -2.07. The van der Waals surface area contributed by atoms with Gasteiger partial charge in [0.25, 0.3) is 5.91 Å². The molecule has 126 valence electrons. The van der Waals surface area contributed by atoms with Crippen molar-refractivity contribution in [3.05, 3.63) is 95.1 Å². The van der Waals surface area contributed by atoms with E-state index >= 15 is 0 Å². The average Bonchev–Trinajstić information content (AvgIpc) is 2.68. The van der Waals surface area contributed by atoms with Crippen LogP contribution in [0.4, 0.5) is 5.69 Å².